The average molecular weight is 597 g/mol. The lowest BCUT2D eigenvalue weighted by Crippen LogP contribution is -2.20. The molecular weight excluding hydrogens is 573 g/mol. The molecule has 0 radical (unpaired) electrons. The third-order valence-corrected chi connectivity index (χ3v) is 5.62. The molecule has 0 fully saturated rings. The molecule has 2 amide bonds. The number of benzene rings is 3. The minimum Gasteiger partial charge on any atom is -0.508 e. The maximum Gasteiger partial charge on any atom is 0.266 e. The summed E-state index contributed by atoms with van der Waals surface area (Å²) in [6.45, 7) is 3.90. The van der Waals surface area contributed by atoms with Gasteiger partial charge >= 0.3 is 0 Å². The number of hydrogen-bond acceptors (Lipinski definition) is 6. The third-order valence-electron chi connectivity index (χ3n) is 4.82. The minimum absolute atomic E-state index is 0.0667. The monoisotopic (exact) mass is 597 g/mol. The number of nitrogens with one attached hydrogen (secondary N) is 2. The van der Waals surface area contributed by atoms with Gasteiger partial charge < -0.3 is 25.2 Å². The van der Waals surface area contributed by atoms with Gasteiger partial charge in [0.15, 0.2) is 18.1 Å². The normalized spacial score (nSPS) is 10.8. The lowest BCUT2D eigenvalue weighted by Gasteiger charge is -2.15. The van der Waals surface area contributed by atoms with Crippen molar-refractivity contribution in [3.8, 4) is 23.3 Å². The minimum atomic E-state index is -0.593. The van der Waals surface area contributed by atoms with Gasteiger partial charge in [0, 0.05) is 11.4 Å². The van der Waals surface area contributed by atoms with Gasteiger partial charge in [-0.15, -0.1) is 0 Å². The molecule has 3 N–H and O–H groups in total. The summed E-state index contributed by atoms with van der Waals surface area (Å²) < 4.78 is 12.1. The van der Waals surface area contributed by atoms with Crippen LogP contribution in [0.25, 0.3) is 6.08 Å². The van der Waals surface area contributed by atoms with Crippen molar-refractivity contribution in [3.05, 3.63) is 80.9 Å². The molecule has 0 heterocycles. The first-order chi connectivity index (χ1) is 17.3. The van der Waals surface area contributed by atoms with E-state index in [0.717, 1.165) is 5.56 Å². The number of rotatable bonds is 9. The van der Waals surface area contributed by atoms with E-state index in [1.807, 2.05) is 44.2 Å². The zero-order valence-electron chi connectivity index (χ0n) is 19.7. The molecule has 0 aliphatic heterocycles. The van der Waals surface area contributed by atoms with Crippen molar-refractivity contribution in [2.45, 2.75) is 13.8 Å². The number of hydrogen-bond donors (Lipinski definition) is 3. The maximum absolute atomic E-state index is 12.6. The van der Waals surface area contributed by atoms with E-state index in [9.17, 15) is 20.0 Å². The van der Waals surface area contributed by atoms with Crippen molar-refractivity contribution in [3.63, 3.8) is 0 Å². The van der Waals surface area contributed by atoms with Gasteiger partial charge in [0.1, 0.15) is 17.4 Å². The number of nitrogens with zero attached hydrogens (tertiary/aromatic N) is 1. The van der Waals surface area contributed by atoms with Crippen LogP contribution in [0.3, 0.4) is 0 Å². The molecule has 0 aromatic heterocycles. The largest absolute Gasteiger partial charge is 0.508 e. The second-order valence-corrected chi connectivity index (χ2v) is 8.80. The van der Waals surface area contributed by atoms with Crippen LogP contribution in [0.4, 0.5) is 11.4 Å². The van der Waals surface area contributed by atoms with Crippen LogP contribution in [0.1, 0.15) is 18.1 Å². The summed E-state index contributed by atoms with van der Waals surface area (Å²) in [5.41, 5.74) is 2.64. The Bertz CT molecular complexity index is 1310. The molecule has 8 nitrogen and oxygen atoms in total. The Hall–Kier alpha value is -4.04. The van der Waals surface area contributed by atoms with Crippen molar-refractivity contribution < 1.29 is 24.2 Å². The van der Waals surface area contributed by atoms with Crippen LogP contribution in [0.2, 0.25) is 0 Å². The molecule has 0 aliphatic carbocycles. The SMILES string of the molecule is CCOc1cc(/C=C(\C#N)C(=O)Nc2ccc(O)cc2)cc(I)c1OCC(=O)Nc1ccc(C)cc1. The van der Waals surface area contributed by atoms with Crippen molar-refractivity contribution in [1.29, 1.82) is 5.26 Å². The smallest absolute Gasteiger partial charge is 0.266 e. The van der Waals surface area contributed by atoms with E-state index in [1.54, 1.807) is 12.1 Å². The number of carbonyl (C=O) groups excluding carboxylic acids is 2. The number of halogens is 1. The maximum atomic E-state index is 12.6. The fraction of sp³-hybridized carbons (Fsp3) is 0.148. The average Bonchev–Trinajstić information content (AvgIpc) is 2.85. The van der Waals surface area contributed by atoms with E-state index >= 15 is 0 Å². The third kappa shape index (κ3) is 7.48. The summed E-state index contributed by atoms with van der Waals surface area (Å²) in [5, 5.41) is 24.3. The predicted molar refractivity (Wildman–Crippen MR) is 146 cm³/mol. The summed E-state index contributed by atoms with van der Waals surface area (Å²) in [5.74, 6) is -0.0734. The number of ether oxygens (including phenoxy) is 2. The fourth-order valence-corrected chi connectivity index (χ4v) is 3.89. The quantitative estimate of drug-likeness (QED) is 0.134. The van der Waals surface area contributed by atoms with Crippen LogP contribution in [-0.4, -0.2) is 30.1 Å². The summed E-state index contributed by atoms with van der Waals surface area (Å²) in [7, 11) is 0. The lowest BCUT2D eigenvalue weighted by atomic mass is 10.1. The Morgan fingerprint density at radius 3 is 2.31 bits per heavy atom. The van der Waals surface area contributed by atoms with Crippen LogP contribution >= 0.6 is 22.6 Å². The molecule has 0 unspecified atom stereocenters. The molecule has 0 saturated heterocycles. The molecule has 0 bridgehead atoms. The van der Waals surface area contributed by atoms with E-state index in [-0.39, 0.29) is 23.8 Å². The summed E-state index contributed by atoms with van der Waals surface area (Å²) in [4.78, 5) is 24.9. The van der Waals surface area contributed by atoms with E-state index in [1.165, 1.54) is 30.3 Å². The van der Waals surface area contributed by atoms with Crippen molar-refractivity contribution >= 4 is 51.9 Å². The topological polar surface area (TPSA) is 121 Å². The second kappa shape index (κ2) is 12.6. The molecule has 0 saturated carbocycles. The highest BCUT2D eigenvalue weighted by Gasteiger charge is 2.16. The molecule has 3 rings (SSSR count). The molecule has 3 aromatic carbocycles. The highest BCUT2D eigenvalue weighted by molar-refractivity contribution is 14.1. The van der Waals surface area contributed by atoms with Crippen LogP contribution in [0, 0.1) is 21.8 Å². The van der Waals surface area contributed by atoms with E-state index < -0.39 is 5.91 Å². The molecule has 9 heteroatoms. The van der Waals surface area contributed by atoms with Crippen molar-refractivity contribution in [2.75, 3.05) is 23.8 Å². The van der Waals surface area contributed by atoms with Crippen LogP contribution in [0.5, 0.6) is 17.2 Å². The first-order valence-electron chi connectivity index (χ1n) is 11.0. The fourth-order valence-electron chi connectivity index (χ4n) is 3.10. The number of nitriles is 1. The molecule has 36 heavy (non-hydrogen) atoms. The Morgan fingerprint density at radius 1 is 1.03 bits per heavy atom. The number of phenols is 1. The van der Waals surface area contributed by atoms with Gasteiger partial charge in [-0.3, -0.25) is 9.59 Å². The molecule has 0 atom stereocenters. The van der Waals surface area contributed by atoms with Crippen LogP contribution in [0.15, 0.2) is 66.2 Å². The summed E-state index contributed by atoms with van der Waals surface area (Å²) in [6, 6.07) is 18.6. The molecular formula is C27H24IN3O5. The van der Waals surface area contributed by atoms with Crippen molar-refractivity contribution in [2.24, 2.45) is 0 Å². The second-order valence-electron chi connectivity index (χ2n) is 7.64. The Balaban J connectivity index is 1.76. The van der Waals surface area contributed by atoms with Crippen LogP contribution in [-0.2, 0) is 9.59 Å². The first kappa shape index (κ1) is 26.6. The summed E-state index contributed by atoms with van der Waals surface area (Å²) in [6.07, 6.45) is 1.44. The number of amides is 2. The Kier molecular flexibility index (Phi) is 9.30. The standard InChI is InChI=1S/C27H24IN3O5/c1-3-35-24-14-18(12-19(15-29)27(34)31-21-8-10-22(32)11-9-21)13-23(28)26(24)36-16-25(33)30-20-6-4-17(2)5-7-20/h4-14,32H,3,16H2,1-2H3,(H,30,33)(H,31,34)/b19-12+. The lowest BCUT2D eigenvalue weighted by molar-refractivity contribution is -0.118. The number of anilines is 2. The van der Waals surface area contributed by atoms with E-state index in [0.29, 0.717) is 38.6 Å². The van der Waals surface area contributed by atoms with Gasteiger partial charge in [0.05, 0.1) is 10.2 Å². The highest BCUT2D eigenvalue weighted by atomic mass is 127. The zero-order chi connectivity index (χ0) is 26.1. The van der Waals surface area contributed by atoms with E-state index in [4.69, 9.17) is 9.47 Å². The first-order valence-corrected chi connectivity index (χ1v) is 12.0. The number of carbonyl (C=O) groups is 2. The van der Waals surface area contributed by atoms with Gasteiger partial charge in [-0.05, 0) is 96.6 Å². The van der Waals surface area contributed by atoms with Gasteiger partial charge in [-0.2, -0.15) is 5.26 Å². The Labute approximate surface area is 222 Å². The zero-order valence-corrected chi connectivity index (χ0v) is 21.8. The van der Waals surface area contributed by atoms with Gasteiger partial charge in [-0.25, -0.2) is 0 Å². The molecule has 3 aromatic rings. The van der Waals surface area contributed by atoms with Gasteiger partial charge in [0.25, 0.3) is 11.8 Å². The van der Waals surface area contributed by atoms with Crippen LogP contribution < -0.4 is 20.1 Å². The number of phenolic OH excluding ortho intramolecular Hbond substituents is 1. The predicted octanol–water partition coefficient (Wildman–Crippen LogP) is 5.27. The number of aromatic hydroxyl groups is 1. The molecule has 184 valence electrons. The molecule has 0 spiro atoms. The van der Waals surface area contributed by atoms with E-state index in [2.05, 4.69) is 33.2 Å². The number of aryl methyl sites for hydroxylation is 1. The van der Waals surface area contributed by atoms with Gasteiger partial charge in [-0.1, -0.05) is 17.7 Å². The van der Waals surface area contributed by atoms with Crippen molar-refractivity contribution in [1.82, 2.24) is 0 Å². The molecule has 0 aliphatic rings. The van der Waals surface area contributed by atoms with Gasteiger partial charge in [0.2, 0.25) is 0 Å². The Morgan fingerprint density at radius 2 is 1.67 bits per heavy atom. The summed E-state index contributed by atoms with van der Waals surface area (Å²) >= 11 is 2.05. The highest BCUT2D eigenvalue weighted by Crippen LogP contribution is 2.35.